The van der Waals surface area contributed by atoms with Gasteiger partial charge in [0, 0.05) is 24.5 Å². The number of nitrogens with one attached hydrogen (secondary N) is 1. The summed E-state index contributed by atoms with van der Waals surface area (Å²) in [6, 6.07) is 6.71. The molecular weight excluding hydrogens is 481 g/mol. The molecule has 1 aliphatic heterocycles. The van der Waals surface area contributed by atoms with E-state index in [0.717, 1.165) is 56.2 Å². The lowest BCUT2D eigenvalue weighted by Crippen LogP contribution is -2.63. The van der Waals surface area contributed by atoms with Crippen molar-refractivity contribution >= 4 is 11.8 Å². The predicted octanol–water partition coefficient (Wildman–Crippen LogP) is 5.09. The van der Waals surface area contributed by atoms with Gasteiger partial charge >= 0.3 is 6.18 Å². The van der Waals surface area contributed by atoms with Crippen LogP contribution in [0.1, 0.15) is 69.0 Å². The summed E-state index contributed by atoms with van der Waals surface area (Å²) in [7, 11) is 1.66. The normalized spacial score (nSPS) is 21.4. The maximum atomic E-state index is 14.2. The molecule has 2 aromatic rings. The quantitative estimate of drug-likeness (QED) is 0.537. The molecule has 1 aliphatic carbocycles. The molecule has 0 bridgehead atoms. The Balaban J connectivity index is 1.66. The van der Waals surface area contributed by atoms with Crippen molar-refractivity contribution in [3.63, 3.8) is 0 Å². The minimum atomic E-state index is -4.44. The molecule has 1 saturated carbocycles. The van der Waals surface area contributed by atoms with E-state index in [1.165, 1.54) is 12.3 Å². The molecular formula is C28H35F3N4O2. The second-order valence-corrected chi connectivity index (χ2v) is 10.5. The summed E-state index contributed by atoms with van der Waals surface area (Å²) in [4.78, 5) is 32.9. The van der Waals surface area contributed by atoms with E-state index in [4.69, 9.17) is 5.73 Å². The number of nitrogens with two attached hydrogens (primary N) is 1. The molecule has 2 heterocycles. The first-order chi connectivity index (χ1) is 17.6. The fourth-order valence-corrected chi connectivity index (χ4v) is 6.05. The van der Waals surface area contributed by atoms with Crippen LogP contribution in [0, 0.1) is 11.8 Å². The van der Waals surface area contributed by atoms with Gasteiger partial charge in [0.05, 0.1) is 17.5 Å². The van der Waals surface area contributed by atoms with E-state index in [0.29, 0.717) is 24.1 Å². The number of carbonyl (C=O) groups excluding carboxylic acids is 2. The molecule has 0 radical (unpaired) electrons. The molecule has 1 aromatic heterocycles. The fourth-order valence-electron chi connectivity index (χ4n) is 6.05. The molecule has 3 N–H and O–H groups in total. The van der Waals surface area contributed by atoms with E-state index in [9.17, 15) is 22.8 Å². The third-order valence-electron chi connectivity index (χ3n) is 8.24. The monoisotopic (exact) mass is 516 g/mol. The number of nitrogens with zero attached hydrogens (tertiary/aromatic N) is 2. The van der Waals surface area contributed by atoms with Gasteiger partial charge in [0.15, 0.2) is 0 Å². The van der Waals surface area contributed by atoms with Gasteiger partial charge in [0.2, 0.25) is 11.8 Å². The Kier molecular flexibility index (Phi) is 7.92. The number of amides is 2. The Morgan fingerprint density at radius 3 is 2.43 bits per heavy atom. The van der Waals surface area contributed by atoms with Crippen molar-refractivity contribution in [2.24, 2.45) is 17.6 Å². The van der Waals surface area contributed by atoms with E-state index in [2.05, 4.69) is 10.3 Å². The van der Waals surface area contributed by atoms with Crippen LogP contribution in [0.3, 0.4) is 0 Å². The van der Waals surface area contributed by atoms with Gasteiger partial charge in [-0.2, -0.15) is 13.2 Å². The summed E-state index contributed by atoms with van der Waals surface area (Å²) in [6.07, 6.45) is 5.15. The summed E-state index contributed by atoms with van der Waals surface area (Å²) in [5, 5.41) is 3.06. The first-order valence-corrected chi connectivity index (χ1v) is 13.0. The molecule has 1 aromatic carbocycles. The van der Waals surface area contributed by atoms with Gasteiger partial charge in [-0.1, -0.05) is 31.4 Å². The predicted molar refractivity (Wildman–Crippen MR) is 135 cm³/mol. The molecule has 2 amide bonds. The first kappa shape index (κ1) is 27.1. The molecule has 2 aliphatic rings. The number of hydrogen-bond acceptors (Lipinski definition) is 4. The standard InChI is InChI=1S/C28H35F3N4O2/c1-27(33-2,26(32)37)24(18-8-4-3-5-9-18)25(36)35-13-7-12-23(35)21-14-20(16-34-17-21)19-10-6-11-22(15-19)28(29,30)31/h6,10-11,14-18,23-24,33H,3-5,7-9,12-13H2,1-2H3,(H2,32,37)/t23-,24+,27?/m0/s1. The molecule has 9 heteroatoms. The number of pyridine rings is 1. The molecule has 3 atom stereocenters. The Hall–Kier alpha value is -2.94. The Morgan fingerprint density at radius 2 is 1.78 bits per heavy atom. The topological polar surface area (TPSA) is 88.3 Å². The average molecular weight is 517 g/mol. The van der Waals surface area contributed by atoms with Crippen molar-refractivity contribution in [3.05, 3.63) is 53.9 Å². The Morgan fingerprint density at radius 1 is 1.05 bits per heavy atom. The highest BCUT2D eigenvalue weighted by molar-refractivity contribution is 5.93. The third kappa shape index (κ3) is 5.51. The molecule has 1 unspecified atom stereocenters. The summed E-state index contributed by atoms with van der Waals surface area (Å²) in [6.45, 7) is 2.26. The summed E-state index contributed by atoms with van der Waals surface area (Å²) in [5.74, 6) is -1.21. The zero-order valence-corrected chi connectivity index (χ0v) is 21.4. The van der Waals surface area contributed by atoms with E-state index >= 15 is 0 Å². The SMILES string of the molecule is CNC(C)(C(N)=O)[C@@H](C(=O)N1CCC[C@H]1c1cncc(-c2cccc(C(F)(F)F)c2)c1)C1CCCCC1. The van der Waals surface area contributed by atoms with Gasteiger partial charge in [-0.25, -0.2) is 0 Å². The van der Waals surface area contributed by atoms with Crippen molar-refractivity contribution in [2.45, 2.75) is 69.6 Å². The molecule has 37 heavy (non-hydrogen) atoms. The minimum Gasteiger partial charge on any atom is -0.368 e. The van der Waals surface area contributed by atoms with Crippen LogP contribution >= 0.6 is 0 Å². The number of halogens is 3. The molecule has 4 rings (SSSR count). The fraction of sp³-hybridized carbons (Fsp3) is 0.536. The lowest BCUT2D eigenvalue weighted by molar-refractivity contribution is -0.147. The molecule has 2 fully saturated rings. The average Bonchev–Trinajstić information content (AvgIpc) is 3.39. The highest BCUT2D eigenvalue weighted by Crippen LogP contribution is 2.41. The van der Waals surface area contributed by atoms with Gasteiger partial charge in [0.25, 0.3) is 0 Å². The van der Waals surface area contributed by atoms with Crippen molar-refractivity contribution in [1.82, 2.24) is 15.2 Å². The highest BCUT2D eigenvalue weighted by Gasteiger charge is 2.50. The smallest absolute Gasteiger partial charge is 0.368 e. The van der Waals surface area contributed by atoms with Gasteiger partial charge < -0.3 is 16.0 Å². The Labute approximate surface area is 215 Å². The summed E-state index contributed by atoms with van der Waals surface area (Å²) >= 11 is 0. The third-order valence-corrected chi connectivity index (χ3v) is 8.24. The number of benzene rings is 1. The number of likely N-dealkylation sites (tertiary alicyclic amines) is 1. The Bertz CT molecular complexity index is 1130. The molecule has 1 saturated heterocycles. The second-order valence-electron chi connectivity index (χ2n) is 10.5. The lowest BCUT2D eigenvalue weighted by Gasteiger charge is -2.43. The van der Waals surface area contributed by atoms with Crippen molar-refractivity contribution in [1.29, 1.82) is 0 Å². The van der Waals surface area contributed by atoms with Crippen molar-refractivity contribution < 1.29 is 22.8 Å². The zero-order valence-electron chi connectivity index (χ0n) is 21.4. The van der Waals surface area contributed by atoms with Crippen molar-refractivity contribution in [2.75, 3.05) is 13.6 Å². The van der Waals surface area contributed by atoms with Crippen LogP contribution in [0.4, 0.5) is 13.2 Å². The van der Waals surface area contributed by atoms with E-state index in [1.54, 1.807) is 26.2 Å². The number of alkyl halides is 3. The number of carbonyl (C=O) groups is 2. The second kappa shape index (κ2) is 10.8. The maximum absolute atomic E-state index is 14.2. The van der Waals surface area contributed by atoms with Crippen LogP contribution in [0.5, 0.6) is 0 Å². The van der Waals surface area contributed by atoms with E-state index < -0.39 is 29.1 Å². The van der Waals surface area contributed by atoms with Gasteiger partial charge in [0.1, 0.15) is 5.54 Å². The van der Waals surface area contributed by atoms with Crippen LogP contribution in [-0.2, 0) is 15.8 Å². The highest BCUT2D eigenvalue weighted by atomic mass is 19.4. The maximum Gasteiger partial charge on any atom is 0.416 e. The summed E-state index contributed by atoms with van der Waals surface area (Å²) < 4.78 is 39.8. The van der Waals surface area contributed by atoms with Gasteiger partial charge in [-0.3, -0.25) is 14.6 Å². The lowest BCUT2D eigenvalue weighted by atomic mass is 9.69. The molecule has 6 nitrogen and oxygen atoms in total. The molecule has 0 spiro atoms. The minimum absolute atomic E-state index is 0.0435. The van der Waals surface area contributed by atoms with Gasteiger partial charge in [-0.15, -0.1) is 0 Å². The van der Waals surface area contributed by atoms with Crippen LogP contribution in [0.15, 0.2) is 42.7 Å². The van der Waals surface area contributed by atoms with Crippen LogP contribution < -0.4 is 11.1 Å². The summed E-state index contributed by atoms with van der Waals surface area (Å²) in [5.41, 5.74) is 5.67. The number of rotatable bonds is 7. The number of likely N-dealkylation sites (N-methyl/N-ethyl adjacent to an activating group) is 1. The van der Waals surface area contributed by atoms with Crippen LogP contribution in [0.25, 0.3) is 11.1 Å². The van der Waals surface area contributed by atoms with E-state index in [1.807, 2.05) is 11.0 Å². The van der Waals surface area contributed by atoms with Crippen LogP contribution in [-0.4, -0.2) is 40.8 Å². The van der Waals surface area contributed by atoms with Crippen molar-refractivity contribution in [3.8, 4) is 11.1 Å². The van der Waals surface area contributed by atoms with Crippen LogP contribution in [0.2, 0.25) is 0 Å². The number of primary amides is 1. The largest absolute Gasteiger partial charge is 0.416 e. The number of hydrogen-bond donors (Lipinski definition) is 2. The van der Waals surface area contributed by atoms with Gasteiger partial charge in [-0.05, 0) is 74.9 Å². The zero-order chi connectivity index (χ0) is 26.8. The first-order valence-electron chi connectivity index (χ1n) is 13.0. The molecule has 200 valence electrons. The van der Waals surface area contributed by atoms with E-state index in [-0.39, 0.29) is 17.9 Å². The number of aromatic nitrogens is 1.